The Labute approximate surface area is 163 Å². The number of carbonyl (C=O) groups is 1. The quantitative estimate of drug-likeness (QED) is 0.800. The monoisotopic (exact) mass is 369 g/mol. The van der Waals surface area contributed by atoms with Crippen molar-refractivity contribution in [1.82, 2.24) is 4.90 Å². The summed E-state index contributed by atoms with van der Waals surface area (Å²) in [5, 5.41) is 3.44. The third-order valence-corrected chi connectivity index (χ3v) is 8.16. The highest BCUT2D eigenvalue weighted by atomic mass is 16.1. The van der Waals surface area contributed by atoms with Gasteiger partial charge in [-0.1, -0.05) is 32.0 Å². The van der Waals surface area contributed by atoms with Gasteiger partial charge in [0.1, 0.15) is 5.54 Å². The van der Waals surface area contributed by atoms with Crippen LogP contribution in [-0.4, -0.2) is 36.0 Å². The lowest BCUT2D eigenvalue weighted by Crippen LogP contribution is -2.57. The van der Waals surface area contributed by atoms with Gasteiger partial charge in [-0.3, -0.25) is 4.79 Å². The first-order valence-electron chi connectivity index (χ1n) is 10.8. The number of amides is 1. The number of piperidine rings is 1. The molecule has 148 valence electrons. The molecule has 4 heteroatoms. The van der Waals surface area contributed by atoms with Crippen molar-refractivity contribution in [3.05, 3.63) is 30.3 Å². The Balaban J connectivity index is 1.30. The zero-order chi connectivity index (χ0) is 19.1. The number of para-hydroxylation sites is 1. The standard InChI is InChI=1S/C23H35N3O/c1-22(2)18-9-8-17(20(22)16-18)10-13-26-14-11-23(12-15-26,21(24)27)25-19-6-4-3-5-7-19/h3-7,17-18,20,25H,8-16H2,1-2H3,(H2,24,27). The summed E-state index contributed by atoms with van der Waals surface area (Å²) in [5.74, 6) is 2.59. The number of anilines is 1. The highest BCUT2D eigenvalue weighted by molar-refractivity contribution is 5.88. The Hall–Kier alpha value is -1.55. The third kappa shape index (κ3) is 3.49. The van der Waals surface area contributed by atoms with Gasteiger partial charge in [-0.25, -0.2) is 0 Å². The minimum absolute atomic E-state index is 0.222. The van der Waals surface area contributed by atoms with Crippen molar-refractivity contribution in [3.8, 4) is 0 Å². The van der Waals surface area contributed by atoms with E-state index < -0.39 is 5.54 Å². The van der Waals surface area contributed by atoms with Gasteiger partial charge in [-0.05, 0) is 80.4 Å². The maximum atomic E-state index is 12.3. The second kappa shape index (κ2) is 7.12. The first kappa shape index (κ1) is 18.8. The van der Waals surface area contributed by atoms with Gasteiger partial charge in [0.05, 0.1) is 0 Å². The summed E-state index contributed by atoms with van der Waals surface area (Å²) in [6.07, 6.45) is 7.21. The highest BCUT2D eigenvalue weighted by Crippen LogP contribution is 2.62. The number of fused-ring (bicyclic) bond motifs is 2. The average Bonchev–Trinajstić information content (AvgIpc) is 2.68. The summed E-state index contributed by atoms with van der Waals surface area (Å²) in [6, 6.07) is 9.98. The molecule has 1 aliphatic heterocycles. The Kier molecular flexibility index (Phi) is 4.96. The molecule has 27 heavy (non-hydrogen) atoms. The zero-order valence-corrected chi connectivity index (χ0v) is 16.9. The molecule has 1 aromatic carbocycles. The first-order chi connectivity index (χ1) is 12.9. The van der Waals surface area contributed by atoms with E-state index in [0.717, 1.165) is 49.4 Å². The second-order valence-corrected chi connectivity index (χ2v) is 9.77. The minimum Gasteiger partial charge on any atom is -0.371 e. The van der Waals surface area contributed by atoms with Gasteiger partial charge in [0, 0.05) is 18.8 Å². The molecule has 3 saturated carbocycles. The van der Waals surface area contributed by atoms with Crippen LogP contribution >= 0.6 is 0 Å². The van der Waals surface area contributed by atoms with Crippen LogP contribution in [0.1, 0.15) is 52.4 Å². The highest BCUT2D eigenvalue weighted by Gasteiger charge is 2.53. The predicted molar refractivity (Wildman–Crippen MR) is 110 cm³/mol. The third-order valence-electron chi connectivity index (χ3n) is 8.16. The molecule has 4 nitrogen and oxygen atoms in total. The number of nitrogens with one attached hydrogen (secondary N) is 1. The second-order valence-electron chi connectivity index (χ2n) is 9.77. The van der Waals surface area contributed by atoms with Crippen molar-refractivity contribution in [2.75, 3.05) is 25.0 Å². The van der Waals surface area contributed by atoms with Crippen molar-refractivity contribution in [2.24, 2.45) is 28.9 Å². The van der Waals surface area contributed by atoms with Gasteiger partial charge >= 0.3 is 0 Å². The van der Waals surface area contributed by atoms with E-state index in [1.54, 1.807) is 0 Å². The van der Waals surface area contributed by atoms with Gasteiger partial charge in [0.25, 0.3) is 0 Å². The first-order valence-corrected chi connectivity index (χ1v) is 10.8. The number of nitrogens with two attached hydrogens (primary N) is 1. The van der Waals surface area contributed by atoms with E-state index >= 15 is 0 Å². The van der Waals surface area contributed by atoms with Crippen LogP contribution < -0.4 is 11.1 Å². The van der Waals surface area contributed by atoms with Crippen molar-refractivity contribution in [2.45, 2.75) is 57.9 Å². The van der Waals surface area contributed by atoms with Crippen molar-refractivity contribution < 1.29 is 4.79 Å². The molecule has 3 N–H and O–H groups in total. The number of hydrogen-bond acceptors (Lipinski definition) is 3. The van der Waals surface area contributed by atoms with E-state index in [1.165, 1.54) is 32.2 Å². The molecule has 1 heterocycles. The summed E-state index contributed by atoms with van der Waals surface area (Å²) in [5.41, 5.74) is 6.77. The lowest BCUT2D eigenvalue weighted by atomic mass is 9.45. The van der Waals surface area contributed by atoms with Gasteiger partial charge in [-0.15, -0.1) is 0 Å². The molecule has 5 rings (SSSR count). The molecule has 0 spiro atoms. The summed E-state index contributed by atoms with van der Waals surface area (Å²) in [6.45, 7) is 8.03. The van der Waals surface area contributed by atoms with Crippen LogP contribution in [0, 0.1) is 23.2 Å². The number of likely N-dealkylation sites (tertiary alicyclic amines) is 1. The number of carbonyl (C=O) groups excluding carboxylic acids is 1. The molecule has 3 aliphatic carbocycles. The Morgan fingerprint density at radius 1 is 1.19 bits per heavy atom. The molecular formula is C23H35N3O. The van der Waals surface area contributed by atoms with E-state index in [0.29, 0.717) is 5.41 Å². The molecule has 2 bridgehead atoms. The Morgan fingerprint density at radius 2 is 1.89 bits per heavy atom. The van der Waals surface area contributed by atoms with Gasteiger partial charge in [0.15, 0.2) is 0 Å². The lowest BCUT2D eigenvalue weighted by molar-refractivity contribution is -0.124. The molecule has 4 aliphatic rings. The minimum atomic E-state index is -0.605. The SMILES string of the molecule is CC1(C)C2CCC(CCN3CCC(Nc4ccccc4)(C(N)=O)CC3)C1C2. The fourth-order valence-corrected chi connectivity index (χ4v) is 6.05. The molecule has 1 aromatic rings. The summed E-state index contributed by atoms with van der Waals surface area (Å²) in [7, 11) is 0. The maximum Gasteiger partial charge on any atom is 0.243 e. The fraction of sp³-hybridized carbons (Fsp3) is 0.696. The smallest absolute Gasteiger partial charge is 0.243 e. The van der Waals surface area contributed by atoms with Gasteiger partial charge < -0.3 is 16.0 Å². The number of hydrogen-bond donors (Lipinski definition) is 2. The molecule has 0 aromatic heterocycles. The molecule has 0 radical (unpaired) electrons. The van der Waals surface area contributed by atoms with E-state index in [9.17, 15) is 4.79 Å². The molecular weight excluding hydrogens is 334 g/mol. The Morgan fingerprint density at radius 3 is 2.48 bits per heavy atom. The Bertz CT molecular complexity index is 661. The van der Waals surface area contributed by atoms with Crippen molar-refractivity contribution in [3.63, 3.8) is 0 Å². The summed E-state index contributed by atoms with van der Waals surface area (Å²) < 4.78 is 0. The number of nitrogens with zero attached hydrogens (tertiary/aromatic N) is 1. The van der Waals surface area contributed by atoms with Crippen LogP contribution in [0.15, 0.2) is 30.3 Å². The van der Waals surface area contributed by atoms with E-state index in [4.69, 9.17) is 5.73 Å². The van der Waals surface area contributed by atoms with E-state index in [-0.39, 0.29) is 5.91 Å². The van der Waals surface area contributed by atoms with E-state index in [2.05, 4.69) is 24.1 Å². The number of rotatable bonds is 6. The zero-order valence-electron chi connectivity index (χ0n) is 16.9. The lowest BCUT2D eigenvalue weighted by Gasteiger charge is -2.60. The van der Waals surface area contributed by atoms with Crippen LogP contribution in [-0.2, 0) is 4.79 Å². The molecule has 3 atom stereocenters. The van der Waals surface area contributed by atoms with Crippen LogP contribution in [0.3, 0.4) is 0 Å². The number of benzene rings is 1. The fourth-order valence-electron chi connectivity index (χ4n) is 6.05. The topological polar surface area (TPSA) is 58.4 Å². The molecule has 1 amide bonds. The summed E-state index contributed by atoms with van der Waals surface area (Å²) in [4.78, 5) is 14.8. The molecule has 3 unspecified atom stereocenters. The van der Waals surface area contributed by atoms with Crippen LogP contribution in [0.2, 0.25) is 0 Å². The van der Waals surface area contributed by atoms with Crippen LogP contribution in [0.4, 0.5) is 5.69 Å². The van der Waals surface area contributed by atoms with Gasteiger partial charge in [-0.2, -0.15) is 0 Å². The van der Waals surface area contributed by atoms with E-state index in [1.807, 2.05) is 30.3 Å². The van der Waals surface area contributed by atoms with Gasteiger partial charge in [0.2, 0.25) is 5.91 Å². The predicted octanol–water partition coefficient (Wildman–Crippen LogP) is 3.88. The molecule has 4 fully saturated rings. The normalized spacial score (nSPS) is 31.7. The van der Waals surface area contributed by atoms with Crippen molar-refractivity contribution in [1.29, 1.82) is 0 Å². The molecule has 1 saturated heterocycles. The number of primary amides is 1. The summed E-state index contributed by atoms with van der Waals surface area (Å²) >= 11 is 0. The van der Waals surface area contributed by atoms with Crippen LogP contribution in [0.5, 0.6) is 0 Å². The van der Waals surface area contributed by atoms with Crippen LogP contribution in [0.25, 0.3) is 0 Å². The largest absolute Gasteiger partial charge is 0.371 e. The maximum absolute atomic E-state index is 12.3. The van der Waals surface area contributed by atoms with Crippen molar-refractivity contribution >= 4 is 11.6 Å². The average molecular weight is 370 g/mol.